The Morgan fingerprint density at radius 2 is 2.10 bits per heavy atom. The molecular formula is C13H11FN2O4. The van der Waals surface area contributed by atoms with Crippen molar-refractivity contribution in [1.82, 2.24) is 5.32 Å². The highest BCUT2D eigenvalue weighted by molar-refractivity contribution is 5.99. The van der Waals surface area contributed by atoms with Crippen molar-refractivity contribution in [2.24, 2.45) is 0 Å². The number of carboxylic acid groups (broad SMARTS) is 1. The lowest BCUT2D eigenvalue weighted by Crippen LogP contribution is -2.43. The van der Waals surface area contributed by atoms with Gasteiger partial charge in [-0.2, -0.15) is 0 Å². The molecule has 2 N–H and O–H groups in total. The molecule has 1 aromatic rings. The number of nitrogens with zero attached hydrogens (tertiary/aromatic N) is 1. The summed E-state index contributed by atoms with van der Waals surface area (Å²) in [6.45, 7) is 5.46. The molecule has 1 rings (SSSR count). The molecule has 1 atom stereocenters. The monoisotopic (exact) mass is 278 g/mol. The van der Waals surface area contributed by atoms with Crippen LogP contribution < -0.4 is 5.32 Å². The first-order valence-electron chi connectivity index (χ1n) is 5.56. The Labute approximate surface area is 114 Å². The minimum atomic E-state index is -1.43. The van der Waals surface area contributed by atoms with E-state index in [1.54, 1.807) is 0 Å². The van der Waals surface area contributed by atoms with Gasteiger partial charge >= 0.3 is 5.97 Å². The fourth-order valence-electron chi connectivity index (χ4n) is 1.47. The van der Waals surface area contributed by atoms with E-state index < -0.39 is 36.8 Å². The van der Waals surface area contributed by atoms with Crippen LogP contribution in [0, 0.1) is 6.57 Å². The molecule has 6 nitrogen and oxygen atoms in total. The number of alkyl halides is 1. The van der Waals surface area contributed by atoms with E-state index in [2.05, 4.69) is 10.2 Å². The number of benzene rings is 1. The number of amides is 1. The summed E-state index contributed by atoms with van der Waals surface area (Å²) >= 11 is 0. The van der Waals surface area contributed by atoms with Crippen molar-refractivity contribution in [3.05, 3.63) is 41.2 Å². The van der Waals surface area contributed by atoms with Crippen molar-refractivity contribution >= 4 is 23.3 Å². The first kappa shape index (κ1) is 15.3. The molecule has 0 saturated heterocycles. The summed E-state index contributed by atoms with van der Waals surface area (Å²) in [5.74, 6) is -3.07. The van der Waals surface area contributed by atoms with Crippen LogP contribution in [0.2, 0.25) is 0 Å². The zero-order valence-electron chi connectivity index (χ0n) is 10.3. The molecule has 7 heteroatoms. The van der Waals surface area contributed by atoms with Crippen molar-refractivity contribution in [3.63, 3.8) is 0 Å². The van der Waals surface area contributed by atoms with Gasteiger partial charge in [-0.3, -0.25) is 14.4 Å². The summed E-state index contributed by atoms with van der Waals surface area (Å²) in [4.78, 5) is 36.8. The third kappa shape index (κ3) is 4.17. The summed E-state index contributed by atoms with van der Waals surface area (Å²) in [7, 11) is 0. The second kappa shape index (κ2) is 6.99. The number of nitrogens with one attached hydrogen (secondary N) is 1. The SMILES string of the molecule is [C-]#[N+]c1cccc(C(=O)NC(CC(=O)O)C(=O)CF)c1. The molecule has 0 heterocycles. The van der Waals surface area contributed by atoms with Crippen LogP contribution in [0.25, 0.3) is 4.85 Å². The lowest BCUT2D eigenvalue weighted by molar-refractivity contribution is -0.139. The predicted molar refractivity (Wildman–Crippen MR) is 67.2 cm³/mol. The third-order valence-corrected chi connectivity index (χ3v) is 2.44. The summed E-state index contributed by atoms with van der Waals surface area (Å²) in [5.41, 5.74) is 0.324. The number of carbonyl (C=O) groups is 3. The molecule has 0 aromatic heterocycles. The topological polar surface area (TPSA) is 87.8 Å². The highest BCUT2D eigenvalue weighted by Gasteiger charge is 2.23. The quantitative estimate of drug-likeness (QED) is 0.769. The maximum Gasteiger partial charge on any atom is 0.305 e. The first-order valence-corrected chi connectivity index (χ1v) is 5.56. The molecular weight excluding hydrogens is 267 g/mol. The van der Waals surface area contributed by atoms with Gasteiger partial charge in [0.25, 0.3) is 5.91 Å². The number of rotatable bonds is 6. The van der Waals surface area contributed by atoms with Gasteiger partial charge in [-0.15, -0.1) is 0 Å². The molecule has 1 amide bonds. The van der Waals surface area contributed by atoms with Gasteiger partial charge < -0.3 is 10.4 Å². The maximum atomic E-state index is 12.3. The average molecular weight is 278 g/mol. The van der Waals surface area contributed by atoms with Gasteiger partial charge in [0.15, 0.2) is 11.5 Å². The second-order valence-electron chi connectivity index (χ2n) is 3.89. The summed E-state index contributed by atoms with van der Waals surface area (Å²) in [6.07, 6.45) is -0.697. The van der Waals surface area contributed by atoms with Crippen LogP contribution in [0.4, 0.5) is 10.1 Å². The Hall–Kier alpha value is -2.75. The smallest absolute Gasteiger partial charge is 0.305 e. The molecule has 0 radical (unpaired) electrons. The van der Waals surface area contributed by atoms with Gasteiger partial charge in [-0.05, 0) is 6.07 Å². The zero-order chi connectivity index (χ0) is 15.1. The number of hydrogen-bond acceptors (Lipinski definition) is 3. The highest BCUT2D eigenvalue weighted by atomic mass is 19.1. The maximum absolute atomic E-state index is 12.3. The molecule has 0 spiro atoms. The Bertz CT molecular complexity index is 580. The number of hydrogen-bond donors (Lipinski definition) is 2. The van der Waals surface area contributed by atoms with Crippen LogP contribution in [0.3, 0.4) is 0 Å². The molecule has 0 aliphatic heterocycles. The number of carboxylic acids is 1. The van der Waals surface area contributed by atoms with Crippen LogP contribution in [0.15, 0.2) is 24.3 Å². The molecule has 1 unspecified atom stereocenters. The fraction of sp³-hybridized carbons (Fsp3) is 0.231. The summed E-state index contributed by atoms with van der Waals surface area (Å²) in [5, 5.41) is 10.8. The largest absolute Gasteiger partial charge is 0.481 e. The van der Waals surface area contributed by atoms with E-state index in [0.29, 0.717) is 0 Å². The van der Waals surface area contributed by atoms with Crippen molar-refractivity contribution < 1.29 is 23.9 Å². The van der Waals surface area contributed by atoms with Crippen molar-refractivity contribution in [2.75, 3.05) is 6.67 Å². The second-order valence-corrected chi connectivity index (χ2v) is 3.89. The fourth-order valence-corrected chi connectivity index (χ4v) is 1.47. The highest BCUT2D eigenvalue weighted by Crippen LogP contribution is 2.14. The van der Waals surface area contributed by atoms with Crippen molar-refractivity contribution in [3.8, 4) is 0 Å². The summed E-state index contributed by atoms with van der Waals surface area (Å²) < 4.78 is 12.3. The molecule has 104 valence electrons. The van der Waals surface area contributed by atoms with Gasteiger partial charge in [0.2, 0.25) is 0 Å². The van der Waals surface area contributed by atoms with Crippen LogP contribution in [0.5, 0.6) is 0 Å². The van der Waals surface area contributed by atoms with E-state index in [9.17, 15) is 18.8 Å². The van der Waals surface area contributed by atoms with Crippen LogP contribution >= 0.6 is 0 Å². The van der Waals surface area contributed by atoms with E-state index in [-0.39, 0.29) is 11.3 Å². The Morgan fingerprint density at radius 1 is 1.40 bits per heavy atom. The number of halogens is 1. The first-order chi connectivity index (χ1) is 9.47. The lowest BCUT2D eigenvalue weighted by atomic mass is 10.1. The average Bonchev–Trinajstić information content (AvgIpc) is 2.45. The van der Waals surface area contributed by atoms with E-state index in [0.717, 1.165) is 0 Å². The molecule has 0 aliphatic carbocycles. The summed E-state index contributed by atoms with van der Waals surface area (Å²) in [6, 6.07) is 4.24. The van der Waals surface area contributed by atoms with Crippen LogP contribution in [0.1, 0.15) is 16.8 Å². The lowest BCUT2D eigenvalue weighted by Gasteiger charge is -2.14. The van der Waals surface area contributed by atoms with Crippen LogP contribution in [-0.4, -0.2) is 35.5 Å². The minimum absolute atomic E-state index is 0.0977. The Morgan fingerprint density at radius 3 is 2.65 bits per heavy atom. The van der Waals surface area contributed by atoms with Crippen LogP contribution in [-0.2, 0) is 9.59 Å². The predicted octanol–water partition coefficient (Wildman–Crippen LogP) is 1.35. The van der Waals surface area contributed by atoms with Gasteiger partial charge in [-0.25, -0.2) is 9.24 Å². The Balaban J connectivity index is 2.87. The zero-order valence-corrected chi connectivity index (χ0v) is 10.3. The number of ketones is 1. The molecule has 0 saturated carbocycles. The minimum Gasteiger partial charge on any atom is -0.481 e. The molecule has 0 aliphatic rings. The number of aliphatic carboxylic acids is 1. The molecule has 0 fully saturated rings. The van der Waals surface area contributed by atoms with Gasteiger partial charge in [-0.1, -0.05) is 18.2 Å². The van der Waals surface area contributed by atoms with E-state index in [1.165, 1.54) is 24.3 Å². The van der Waals surface area contributed by atoms with Gasteiger partial charge in [0.1, 0.15) is 12.7 Å². The standard InChI is InChI=1S/C13H11FN2O4/c1-15-9-4-2-3-8(5-9)13(20)16-10(6-12(18)19)11(17)7-14/h2-5,10H,6-7H2,(H,16,20)(H,18,19). The van der Waals surface area contributed by atoms with E-state index in [1.807, 2.05) is 0 Å². The van der Waals surface area contributed by atoms with E-state index >= 15 is 0 Å². The molecule has 20 heavy (non-hydrogen) atoms. The van der Waals surface area contributed by atoms with Crippen molar-refractivity contribution in [2.45, 2.75) is 12.5 Å². The van der Waals surface area contributed by atoms with E-state index in [4.69, 9.17) is 11.7 Å². The number of Topliss-reactive ketones (excluding diaryl/α,β-unsaturated/α-hetero) is 1. The molecule has 0 bridgehead atoms. The number of carbonyl (C=O) groups excluding carboxylic acids is 2. The van der Waals surface area contributed by atoms with Gasteiger partial charge in [0, 0.05) is 5.56 Å². The third-order valence-electron chi connectivity index (χ3n) is 2.44. The van der Waals surface area contributed by atoms with Crippen molar-refractivity contribution in [1.29, 1.82) is 0 Å². The Kier molecular flexibility index (Phi) is 5.35. The normalized spacial score (nSPS) is 11.2. The van der Waals surface area contributed by atoms with Gasteiger partial charge in [0.05, 0.1) is 13.0 Å². The molecule has 1 aromatic carbocycles.